The van der Waals surface area contributed by atoms with Crippen molar-refractivity contribution in [2.24, 2.45) is 0 Å². The Morgan fingerprint density at radius 2 is 1.58 bits per heavy atom. The van der Waals surface area contributed by atoms with Gasteiger partial charge >= 0.3 is 0 Å². The fourth-order valence-corrected chi connectivity index (χ4v) is 4.20. The van der Waals surface area contributed by atoms with Gasteiger partial charge in [-0.1, -0.05) is 48.5 Å². The normalized spacial score (nSPS) is 13.8. The molecule has 0 saturated heterocycles. The SMILES string of the molecule is Cc1ccc(C(=O)NCC(C)(C)N2CCc3ccccc3C2)cc1NC(=O)c1ccccc1. The molecule has 170 valence electrons. The van der Waals surface area contributed by atoms with E-state index in [4.69, 9.17) is 0 Å². The van der Waals surface area contributed by atoms with Crippen molar-refractivity contribution in [2.75, 3.05) is 18.4 Å². The molecule has 33 heavy (non-hydrogen) atoms. The number of amides is 2. The number of nitrogens with one attached hydrogen (secondary N) is 2. The summed E-state index contributed by atoms with van der Waals surface area (Å²) in [6.45, 7) is 8.65. The van der Waals surface area contributed by atoms with Crippen LogP contribution in [0.15, 0.2) is 72.8 Å². The van der Waals surface area contributed by atoms with Crippen molar-refractivity contribution in [1.82, 2.24) is 10.2 Å². The van der Waals surface area contributed by atoms with Crippen molar-refractivity contribution >= 4 is 17.5 Å². The highest BCUT2D eigenvalue weighted by atomic mass is 16.2. The maximum Gasteiger partial charge on any atom is 0.255 e. The first kappa shape index (κ1) is 22.7. The molecule has 0 bridgehead atoms. The Balaban J connectivity index is 1.40. The van der Waals surface area contributed by atoms with Crippen LogP contribution in [0.2, 0.25) is 0 Å². The summed E-state index contributed by atoms with van der Waals surface area (Å²) in [4.78, 5) is 27.9. The van der Waals surface area contributed by atoms with Gasteiger partial charge in [0.25, 0.3) is 11.8 Å². The molecule has 0 spiro atoms. The van der Waals surface area contributed by atoms with E-state index in [9.17, 15) is 9.59 Å². The second-order valence-corrected chi connectivity index (χ2v) is 9.29. The zero-order chi connectivity index (χ0) is 23.4. The lowest BCUT2D eigenvalue weighted by Crippen LogP contribution is -2.53. The summed E-state index contributed by atoms with van der Waals surface area (Å²) < 4.78 is 0. The Hall–Kier alpha value is -3.44. The first-order valence-corrected chi connectivity index (χ1v) is 11.4. The fraction of sp³-hybridized carbons (Fsp3) is 0.286. The number of hydrogen-bond acceptors (Lipinski definition) is 3. The number of benzene rings is 3. The molecule has 0 aliphatic carbocycles. The summed E-state index contributed by atoms with van der Waals surface area (Å²) in [5.74, 6) is -0.335. The largest absolute Gasteiger partial charge is 0.350 e. The van der Waals surface area contributed by atoms with E-state index in [2.05, 4.69) is 53.6 Å². The van der Waals surface area contributed by atoms with Crippen LogP contribution in [-0.4, -0.2) is 35.3 Å². The number of rotatable bonds is 6. The molecule has 0 unspecified atom stereocenters. The van der Waals surface area contributed by atoms with Gasteiger partial charge in [0.15, 0.2) is 0 Å². The molecular weight excluding hydrogens is 410 g/mol. The molecule has 2 amide bonds. The molecule has 5 heteroatoms. The molecule has 0 aromatic heterocycles. The van der Waals surface area contributed by atoms with Crippen LogP contribution in [0.3, 0.4) is 0 Å². The van der Waals surface area contributed by atoms with Gasteiger partial charge in [-0.2, -0.15) is 0 Å². The molecule has 5 nitrogen and oxygen atoms in total. The molecule has 0 atom stereocenters. The van der Waals surface area contributed by atoms with Crippen LogP contribution in [-0.2, 0) is 13.0 Å². The highest BCUT2D eigenvalue weighted by molar-refractivity contribution is 6.05. The second-order valence-electron chi connectivity index (χ2n) is 9.29. The van der Waals surface area contributed by atoms with Crippen LogP contribution in [0.25, 0.3) is 0 Å². The standard InChI is InChI=1S/C28H31N3O2/c1-20-13-14-23(17-25(20)30-27(33)22-10-5-4-6-11-22)26(32)29-19-28(2,3)31-16-15-21-9-7-8-12-24(21)18-31/h4-14,17H,15-16,18-19H2,1-3H3,(H,29,32)(H,30,33). The molecule has 1 aliphatic rings. The molecule has 2 N–H and O–H groups in total. The number of aryl methyl sites for hydroxylation is 1. The molecular formula is C28H31N3O2. The number of carbonyl (C=O) groups is 2. The van der Waals surface area contributed by atoms with E-state index in [0.29, 0.717) is 23.4 Å². The van der Waals surface area contributed by atoms with Crippen LogP contribution in [0.5, 0.6) is 0 Å². The van der Waals surface area contributed by atoms with Crippen molar-refractivity contribution < 1.29 is 9.59 Å². The lowest BCUT2D eigenvalue weighted by atomic mass is 9.94. The third-order valence-corrected chi connectivity index (χ3v) is 6.45. The zero-order valence-electron chi connectivity index (χ0n) is 19.5. The predicted molar refractivity (Wildman–Crippen MR) is 133 cm³/mol. The molecule has 1 heterocycles. The van der Waals surface area contributed by atoms with Crippen LogP contribution >= 0.6 is 0 Å². The topological polar surface area (TPSA) is 61.4 Å². The average Bonchev–Trinajstić information content (AvgIpc) is 2.84. The van der Waals surface area contributed by atoms with E-state index in [0.717, 1.165) is 25.1 Å². The van der Waals surface area contributed by atoms with Gasteiger partial charge in [0, 0.05) is 42.0 Å². The minimum atomic E-state index is -0.192. The summed E-state index contributed by atoms with van der Waals surface area (Å²) in [5, 5.41) is 6.03. The lowest BCUT2D eigenvalue weighted by molar-refractivity contribution is 0.0826. The highest BCUT2D eigenvalue weighted by Crippen LogP contribution is 2.25. The lowest BCUT2D eigenvalue weighted by Gasteiger charge is -2.41. The Morgan fingerprint density at radius 3 is 2.33 bits per heavy atom. The maximum atomic E-state index is 12.9. The van der Waals surface area contributed by atoms with Gasteiger partial charge in [-0.25, -0.2) is 0 Å². The zero-order valence-corrected chi connectivity index (χ0v) is 19.5. The molecule has 4 rings (SSSR count). The minimum absolute atomic E-state index is 0.143. The number of hydrogen-bond donors (Lipinski definition) is 2. The quantitative estimate of drug-likeness (QED) is 0.577. The summed E-state index contributed by atoms with van der Waals surface area (Å²) >= 11 is 0. The van der Waals surface area contributed by atoms with Crippen LogP contribution < -0.4 is 10.6 Å². The van der Waals surface area contributed by atoms with Crippen LogP contribution in [0.4, 0.5) is 5.69 Å². The maximum absolute atomic E-state index is 12.9. The number of anilines is 1. The molecule has 1 aliphatic heterocycles. The van der Waals surface area contributed by atoms with E-state index in [1.54, 1.807) is 24.3 Å². The Bertz CT molecular complexity index is 1150. The van der Waals surface area contributed by atoms with Gasteiger partial charge in [-0.15, -0.1) is 0 Å². The van der Waals surface area contributed by atoms with Gasteiger partial charge in [-0.05, 0) is 68.1 Å². The highest BCUT2D eigenvalue weighted by Gasteiger charge is 2.30. The first-order valence-electron chi connectivity index (χ1n) is 11.4. The van der Waals surface area contributed by atoms with Crippen molar-refractivity contribution in [2.45, 2.75) is 39.3 Å². The van der Waals surface area contributed by atoms with E-state index in [-0.39, 0.29) is 17.4 Å². The molecule has 0 radical (unpaired) electrons. The van der Waals surface area contributed by atoms with E-state index in [1.165, 1.54) is 11.1 Å². The van der Waals surface area contributed by atoms with E-state index in [1.807, 2.05) is 31.2 Å². The van der Waals surface area contributed by atoms with Gasteiger partial charge in [0.1, 0.15) is 0 Å². The predicted octanol–water partition coefficient (Wildman–Crippen LogP) is 4.81. The van der Waals surface area contributed by atoms with Crippen molar-refractivity contribution in [1.29, 1.82) is 0 Å². The smallest absolute Gasteiger partial charge is 0.255 e. The average molecular weight is 442 g/mol. The number of fused-ring (bicyclic) bond motifs is 1. The summed E-state index contributed by atoms with van der Waals surface area (Å²) in [6.07, 6.45) is 1.02. The Kier molecular flexibility index (Phi) is 6.61. The second kappa shape index (κ2) is 9.59. The minimum Gasteiger partial charge on any atom is -0.350 e. The van der Waals surface area contributed by atoms with Crippen molar-refractivity contribution in [3.8, 4) is 0 Å². The van der Waals surface area contributed by atoms with Gasteiger partial charge in [0.05, 0.1) is 0 Å². The first-order chi connectivity index (χ1) is 15.8. The summed E-state index contributed by atoms with van der Waals surface area (Å²) in [5.41, 5.74) is 5.25. The van der Waals surface area contributed by atoms with Gasteiger partial charge < -0.3 is 10.6 Å². The molecule has 0 saturated carbocycles. The third-order valence-electron chi connectivity index (χ3n) is 6.45. The Labute approximate surface area is 195 Å². The van der Waals surface area contributed by atoms with Gasteiger partial charge in [-0.3, -0.25) is 14.5 Å². The van der Waals surface area contributed by atoms with Crippen LogP contribution in [0.1, 0.15) is 51.3 Å². The van der Waals surface area contributed by atoms with Gasteiger partial charge in [0.2, 0.25) is 0 Å². The fourth-order valence-electron chi connectivity index (χ4n) is 4.20. The number of carbonyl (C=O) groups excluding carboxylic acids is 2. The van der Waals surface area contributed by atoms with Crippen molar-refractivity contribution in [3.63, 3.8) is 0 Å². The number of nitrogens with zero attached hydrogens (tertiary/aromatic N) is 1. The Morgan fingerprint density at radius 1 is 0.879 bits per heavy atom. The molecule has 3 aromatic rings. The third kappa shape index (κ3) is 5.32. The summed E-state index contributed by atoms with van der Waals surface area (Å²) in [7, 11) is 0. The monoisotopic (exact) mass is 441 g/mol. The molecule has 0 fully saturated rings. The van der Waals surface area contributed by atoms with E-state index >= 15 is 0 Å². The molecule has 3 aromatic carbocycles. The van der Waals surface area contributed by atoms with Crippen LogP contribution in [0, 0.1) is 6.92 Å². The van der Waals surface area contributed by atoms with Crippen molar-refractivity contribution in [3.05, 3.63) is 101 Å². The van der Waals surface area contributed by atoms with E-state index < -0.39 is 0 Å². The summed E-state index contributed by atoms with van der Waals surface area (Å²) in [6, 6.07) is 23.0.